The normalized spacial score (nSPS) is 32.1. The molecule has 0 spiro atoms. The van der Waals surface area contributed by atoms with E-state index in [-0.39, 0.29) is 17.6 Å². The van der Waals surface area contributed by atoms with E-state index in [4.69, 9.17) is 14.2 Å². The Kier molecular flexibility index (Phi) is 4.78. The molecule has 3 aliphatic heterocycles. The molecule has 6 nitrogen and oxygen atoms in total. The molecule has 0 unspecified atom stereocenters. The number of fused-ring (bicyclic) bond motifs is 3. The molecular weight excluding hydrogens is 264 g/mol. The summed E-state index contributed by atoms with van der Waals surface area (Å²) >= 11 is 0. The number of Topliss-reactive ketones (excluding diaryl/α,β-unsaturated/α-hetero) is 1. The fourth-order valence-corrected chi connectivity index (χ4v) is 2.30. The third-order valence-corrected chi connectivity index (χ3v) is 3.68. The van der Waals surface area contributed by atoms with E-state index in [1.807, 2.05) is 0 Å². The van der Waals surface area contributed by atoms with Gasteiger partial charge in [-0.25, -0.2) is 0 Å². The highest BCUT2D eigenvalue weighted by molar-refractivity contribution is 5.95. The molecule has 0 saturated carbocycles. The van der Waals surface area contributed by atoms with Crippen molar-refractivity contribution in [2.45, 2.75) is 45.0 Å². The van der Waals surface area contributed by atoms with Crippen LogP contribution in [0.4, 0.5) is 0 Å². The minimum atomic E-state index is -0.914. The van der Waals surface area contributed by atoms with Gasteiger partial charge < -0.3 is 18.9 Å². The van der Waals surface area contributed by atoms with Gasteiger partial charge >= 0.3 is 5.97 Å². The van der Waals surface area contributed by atoms with E-state index < -0.39 is 11.9 Å². The summed E-state index contributed by atoms with van der Waals surface area (Å²) < 4.78 is 21.4. The van der Waals surface area contributed by atoms with Crippen LogP contribution in [0.25, 0.3) is 0 Å². The minimum Gasteiger partial charge on any atom is -0.469 e. The van der Waals surface area contributed by atoms with Gasteiger partial charge in [-0.05, 0) is 12.8 Å². The number of ketones is 1. The molecule has 0 radical (unpaired) electrons. The highest BCUT2D eigenvalue weighted by Gasteiger charge is 2.49. The number of unbranched alkanes of at least 4 members (excludes halogenated alkanes) is 1. The number of methoxy groups -OCH3 is 1. The first-order chi connectivity index (χ1) is 9.47. The summed E-state index contributed by atoms with van der Waals surface area (Å²) in [7, 11) is 1.28. The third kappa shape index (κ3) is 3.77. The highest BCUT2D eigenvalue weighted by Crippen LogP contribution is 2.40. The average molecular weight is 286 g/mol. The van der Waals surface area contributed by atoms with E-state index in [2.05, 4.69) is 11.7 Å². The smallest absolute Gasteiger partial charge is 0.313 e. The van der Waals surface area contributed by atoms with E-state index in [0.717, 1.165) is 6.42 Å². The van der Waals surface area contributed by atoms with Crippen molar-refractivity contribution in [3.05, 3.63) is 0 Å². The quantitative estimate of drug-likeness (QED) is 0.400. The van der Waals surface area contributed by atoms with Gasteiger partial charge in [-0.3, -0.25) is 9.59 Å². The largest absolute Gasteiger partial charge is 0.469 e. The third-order valence-electron chi connectivity index (χ3n) is 3.68. The van der Waals surface area contributed by atoms with Gasteiger partial charge in [0.05, 0.1) is 26.9 Å². The van der Waals surface area contributed by atoms with Crippen molar-refractivity contribution in [3.63, 3.8) is 0 Å². The number of hydrogen-bond acceptors (Lipinski definition) is 6. The fraction of sp³-hybridized carbons (Fsp3) is 0.857. The maximum Gasteiger partial charge on any atom is 0.313 e. The van der Waals surface area contributed by atoms with Gasteiger partial charge in [0.1, 0.15) is 12.2 Å². The van der Waals surface area contributed by atoms with Gasteiger partial charge in [0, 0.05) is 18.3 Å². The molecule has 114 valence electrons. The van der Waals surface area contributed by atoms with E-state index in [1.165, 1.54) is 7.11 Å². The van der Waals surface area contributed by atoms with Crippen LogP contribution in [0, 0.1) is 5.41 Å². The lowest BCUT2D eigenvalue weighted by molar-refractivity contribution is -0.467. The van der Waals surface area contributed by atoms with Crippen LogP contribution < -0.4 is 0 Å². The van der Waals surface area contributed by atoms with Crippen LogP contribution in [0.3, 0.4) is 0 Å². The highest BCUT2D eigenvalue weighted by atomic mass is 16.9. The van der Waals surface area contributed by atoms with Crippen LogP contribution in [0.15, 0.2) is 0 Å². The Morgan fingerprint density at radius 3 is 2.25 bits per heavy atom. The molecule has 3 aliphatic rings. The van der Waals surface area contributed by atoms with Gasteiger partial charge in [-0.1, -0.05) is 6.92 Å². The standard InChI is InChI=1S/C14H22O6/c1-13-8-18-14(19-9-13,20-10-13)6-4-3-5-11(15)7-12(16)17-2/h3-10H2,1-2H3. The number of ether oxygens (including phenoxy) is 4. The van der Waals surface area contributed by atoms with Crippen molar-refractivity contribution in [1.82, 2.24) is 0 Å². The molecular formula is C14H22O6. The molecule has 2 bridgehead atoms. The molecule has 0 aromatic rings. The number of esters is 1. The summed E-state index contributed by atoms with van der Waals surface area (Å²) in [4.78, 5) is 22.4. The maximum absolute atomic E-state index is 11.5. The van der Waals surface area contributed by atoms with E-state index in [1.54, 1.807) is 0 Å². The Bertz CT molecular complexity index is 353. The van der Waals surface area contributed by atoms with Crippen molar-refractivity contribution in [3.8, 4) is 0 Å². The van der Waals surface area contributed by atoms with E-state index in [0.29, 0.717) is 39.1 Å². The zero-order valence-corrected chi connectivity index (χ0v) is 12.1. The van der Waals surface area contributed by atoms with E-state index in [9.17, 15) is 9.59 Å². The summed E-state index contributed by atoms with van der Waals surface area (Å²) in [6.07, 6.45) is 2.26. The SMILES string of the molecule is COC(=O)CC(=O)CCCCC12OCC(C)(CO1)CO2. The van der Waals surface area contributed by atoms with Crippen molar-refractivity contribution >= 4 is 11.8 Å². The predicted molar refractivity (Wildman–Crippen MR) is 68.8 cm³/mol. The molecule has 3 rings (SSSR count). The molecule has 0 aliphatic carbocycles. The molecule has 0 atom stereocenters. The molecule has 3 fully saturated rings. The van der Waals surface area contributed by atoms with Crippen molar-refractivity contribution in [2.75, 3.05) is 26.9 Å². The molecule has 0 aromatic heterocycles. The lowest BCUT2D eigenvalue weighted by Crippen LogP contribution is -2.58. The topological polar surface area (TPSA) is 71.1 Å². The Morgan fingerprint density at radius 1 is 1.10 bits per heavy atom. The van der Waals surface area contributed by atoms with E-state index >= 15 is 0 Å². The number of carbonyl (C=O) groups is 2. The van der Waals surface area contributed by atoms with Gasteiger partial charge in [-0.15, -0.1) is 0 Å². The van der Waals surface area contributed by atoms with Crippen molar-refractivity contribution in [2.24, 2.45) is 5.41 Å². The maximum atomic E-state index is 11.5. The first-order valence-corrected chi connectivity index (χ1v) is 6.97. The second-order valence-corrected chi connectivity index (χ2v) is 5.86. The van der Waals surface area contributed by atoms with Gasteiger partial charge in [-0.2, -0.15) is 0 Å². The summed E-state index contributed by atoms with van der Waals surface area (Å²) in [6.45, 7) is 4.01. The minimum absolute atomic E-state index is 0.0295. The first-order valence-electron chi connectivity index (χ1n) is 6.97. The molecule has 20 heavy (non-hydrogen) atoms. The monoisotopic (exact) mass is 286 g/mol. The molecule has 0 aromatic carbocycles. The number of carbonyl (C=O) groups excluding carboxylic acids is 2. The fourth-order valence-electron chi connectivity index (χ4n) is 2.30. The Morgan fingerprint density at radius 2 is 1.70 bits per heavy atom. The summed E-state index contributed by atoms with van der Waals surface area (Å²) in [5.41, 5.74) is -0.0295. The molecule has 0 amide bonds. The summed E-state index contributed by atoms with van der Waals surface area (Å²) in [5.74, 6) is -1.50. The molecule has 0 N–H and O–H groups in total. The predicted octanol–water partition coefficient (Wildman–Crippen LogP) is 1.42. The molecule has 3 saturated heterocycles. The Balaban J connectivity index is 1.64. The number of hydrogen-bond donors (Lipinski definition) is 0. The second-order valence-electron chi connectivity index (χ2n) is 5.86. The Labute approximate surface area is 118 Å². The van der Waals surface area contributed by atoms with Gasteiger partial charge in [0.15, 0.2) is 0 Å². The van der Waals surface area contributed by atoms with Crippen LogP contribution in [0.5, 0.6) is 0 Å². The second kappa shape index (κ2) is 6.20. The van der Waals surface area contributed by atoms with Crippen molar-refractivity contribution < 1.29 is 28.5 Å². The molecule has 3 heterocycles. The van der Waals surface area contributed by atoms with Crippen LogP contribution in [0.2, 0.25) is 0 Å². The summed E-state index contributed by atoms with van der Waals surface area (Å²) in [6, 6.07) is 0. The lowest BCUT2D eigenvalue weighted by Gasteiger charge is -2.50. The van der Waals surface area contributed by atoms with Crippen molar-refractivity contribution in [1.29, 1.82) is 0 Å². The zero-order chi connectivity index (χ0) is 14.6. The van der Waals surface area contributed by atoms with Crippen LogP contribution in [-0.2, 0) is 28.5 Å². The zero-order valence-electron chi connectivity index (χ0n) is 12.1. The molecule has 6 heteroatoms. The van der Waals surface area contributed by atoms with Crippen LogP contribution in [0.1, 0.15) is 39.0 Å². The number of rotatable bonds is 7. The van der Waals surface area contributed by atoms with Crippen LogP contribution in [-0.4, -0.2) is 44.7 Å². The van der Waals surface area contributed by atoms with Crippen LogP contribution >= 0.6 is 0 Å². The lowest BCUT2D eigenvalue weighted by atomic mass is 9.91. The van der Waals surface area contributed by atoms with Gasteiger partial charge in [0.25, 0.3) is 5.97 Å². The first kappa shape index (κ1) is 15.4. The average Bonchev–Trinajstić information content (AvgIpc) is 2.45. The van der Waals surface area contributed by atoms with Gasteiger partial charge in [0.2, 0.25) is 0 Å². The Hall–Kier alpha value is -0.980. The summed E-state index contributed by atoms with van der Waals surface area (Å²) in [5, 5.41) is 0.